The molecule has 0 radical (unpaired) electrons. The topological polar surface area (TPSA) is 41.5 Å². The lowest BCUT2D eigenvalue weighted by atomic mass is 10.1. The molecule has 1 unspecified atom stereocenters. The van der Waals surface area contributed by atoms with Crippen LogP contribution in [0.1, 0.15) is 36.9 Å². The minimum atomic E-state index is -0.425. The first-order valence-electron chi connectivity index (χ1n) is 7.21. The first kappa shape index (κ1) is 14.5. The van der Waals surface area contributed by atoms with Gasteiger partial charge in [-0.15, -0.1) is 0 Å². The lowest BCUT2D eigenvalue weighted by Gasteiger charge is -2.18. The third-order valence-corrected chi connectivity index (χ3v) is 3.56. The number of benzene rings is 1. The van der Waals surface area contributed by atoms with E-state index in [2.05, 4.69) is 43.4 Å². The summed E-state index contributed by atoms with van der Waals surface area (Å²) in [5.41, 5.74) is 2.52. The zero-order valence-corrected chi connectivity index (χ0v) is 11.9. The maximum Gasteiger partial charge on any atom is 0.0897 e. The standard InChI is InChI=1S/C16H25NO2/c1-12-4-3-5-15(8-12)13(2)17-9-16(18)11-19-10-14-6-7-14/h3-5,8,13-14,16-18H,6-7,9-11H2,1-2H3/t13-,16?/m0/s1. The molecule has 3 nitrogen and oxygen atoms in total. The van der Waals surface area contributed by atoms with Crippen molar-refractivity contribution in [3.05, 3.63) is 35.4 Å². The molecule has 0 aliphatic heterocycles. The Morgan fingerprint density at radius 2 is 2.21 bits per heavy atom. The molecule has 1 aliphatic carbocycles. The first-order chi connectivity index (χ1) is 9.15. The molecule has 0 spiro atoms. The molecule has 2 N–H and O–H groups in total. The van der Waals surface area contributed by atoms with E-state index >= 15 is 0 Å². The predicted octanol–water partition coefficient (Wildman–Crippen LogP) is 2.43. The molecule has 1 aromatic carbocycles. The molecule has 2 atom stereocenters. The molecule has 0 bridgehead atoms. The van der Waals surface area contributed by atoms with Crippen molar-refractivity contribution in [3.63, 3.8) is 0 Å². The Balaban J connectivity index is 1.65. The summed E-state index contributed by atoms with van der Waals surface area (Å²) < 4.78 is 5.49. The van der Waals surface area contributed by atoms with Crippen molar-refractivity contribution in [1.29, 1.82) is 0 Å². The zero-order valence-electron chi connectivity index (χ0n) is 11.9. The minimum Gasteiger partial charge on any atom is -0.389 e. The summed E-state index contributed by atoms with van der Waals surface area (Å²) in [5, 5.41) is 13.2. The normalized spacial score (nSPS) is 18.3. The van der Waals surface area contributed by atoms with Gasteiger partial charge in [0.05, 0.1) is 12.7 Å². The second-order valence-electron chi connectivity index (χ2n) is 5.68. The molecule has 106 valence electrons. The van der Waals surface area contributed by atoms with Crippen molar-refractivity contribution in [3.8, 4) is 0 Å². The van der Waals surface area contributed by atoms with E-state index in [0.29, 0.717) is 13.2 Å². The molecule has 19 heavy (non-hydrogen) atoms. The van der Waals surface area contributed by atoms with Crippen LogP contribution in [0.15, 0.2) is 24.3 Å². The average Bonchev–Trinajstić information content (AvgIpc) is 3.20. The van der Waals surface area contributed by atoms with Crippen molar-refractivity contribution in [2.75, 3.05) is 19.8 Å². The number of rotatable bonds is 8. The van der Waals surface area contributed by atoms with Gasteiger partial charge in [0.1, 0.15) is 0 Å². The molecule has 2 rings (SSSR count). The van der Waals surface area contributed by atoms with Crippen molar-refractivity contribution in [2.24, 2.45) is 5.92 Å². The van der Waals surface area contributed by atoms with Gasteiger partial charge in [0.15, 0.2) is 0 Å². The van der Waals surface area contributed by atoms with Crippen LogP contribution in [0.5, 0.6) is 0 Å². The van der Waals surface area contributed by atoms with E-state index < -0.39 is 6.10 Å². The molecule has 3 heteroatoms. The van der Waals surface area contributed by atoms with E-state index in [1.165, 1.54) is 24.0 Å². The van der Waals surface area contributed by atoms with Gasteiger partial charge in [-0.2, -0.15) is 0 Å². The van der Waals surface area contributed by atoms with Gasteiger partial charge < -0.3 is 15.2 Å². The summed E-state index contributed by atoms with van der Waals surface area (Å²) in [6.45, 7) is 6.03. The zero-order chi connectivity index (χ0) is 13.7. The monoisotopic (exact) mass is 263 g/mol. The van der Waals surface area contributed by atoms with Crippen LogP contribution >= 0.6 is 0 Å². The van der Waals surface area contributed by atoms with Gasteiger partial charge in [-0.05, 0) is 38.2 Å². The maximum absolute atomic E-state index is 9.85. The number of nitrogens with one attached hydrogen (secondary N) is 1. The van der Waals surface area contributed by atoms with E-state index in [4.69, 9.17) is 4.74 Å². The van der Waals surface area contributed by atoms with Crippen molar-refractivity contribution < 1.29 is 9.84 Å². The van der Waals surface area contributed by atoms with Gasteiger partial charge in [0, 0.05) is 19.2 Å². The van der Waals surface area contributed by atoms with Gasteiger partial charge in [-0.25, -0.2) is 0 Å². The molecule has 1 fully saturated rings. The van der Waals surface area contributed by atoms with Crippen molar-refractivity contribution >= 4 is 0 Å². The lowest BCUT2D eigenvalue weighted by molar-refractivity contribution is 0.0315. The van der Waals surface area contributed by atoms with Crippen LogP contribution in [0.2, 0.25) is 0 Å². The van der Waals surface area contributed by atoms with Crippen LogP contribution in [0.25, 0.3) is 0 Å². The van der Waals surface area contributed by atoms with Gasteiger partial charge in [-0.1, -0.05) is 29.8 Å². The molecular formula is C16H25NO2. The predicted molar refractivity (Wildman–Crippen MR) is 77.1 cm³/mol. The fraction of sp³-hybridized carbons (Fsp3) is 0.625. The maximum atomic E-state index is 9.85. The minimum absolute atomic E-state index is 0.248. The third-order valence-electron chi connectivity index (χ3n) is 3.56. The highest BCUT2D eigenvalue weighted by Gasteiger charge is 2.21. The SMILES string of the molecule is Cc1cccc([C@H](C)NCC(O)COCC2CC2)c1. The molecular weight excluding hydrogens is 238 g/mol. The second kappa shape index (κ2) is 7.04. The Hall–Kier alpha value is -0.900. The Labute approximate surface area is 116 Å². The van der Waals surface area contributed by atoms with Crippen LogP contribution in [-0.2, 0) is 4.74 Å². The molecule has 0 heterocycles. The van der Waals surface area contributed by atoms with E-state index in [9.17, 15) is 5.11 Å². The number of aryl methyl sites for hydroxylation is 1. The van der Waals surface area contributed by atoms with Crippen LogP contribution < -0.4 is 5.32 Å². The highest BCUT2D eigenvalue weighted by atomic mass is 16.5. The van der Waals surface area contributed by atoms with Crippen LogP contribution in [0, 0.1) is 12.8 Å². The third kappa shape index (κ3) is 5.31. The first-order valence-corrected chi connectivity index (χ1v) is 7.21. The molecule has 1 saturated carbocycles. The summed E-state index contributed by atoms with van der Waals surface area (Å²) in [4.78, 5) is 0. The summed E-state index contributed by atoms with van der Waals surface area (Å²) in [6, 6.07) is 8.70. The average molecular weight is 263 g/mol. The Bertz CT molecular complexity index is 390. The highest BCUT2D eigenvalue weighted by Crippen LogP contribution is 2.28. The molecule has 1 aliphatic rings. The summed E-state index contributed by atoms with van der Waals surface area (Å²) in [7, 11) is 0. The van der Waals surface area contributed by atoms with E-state index in [1.807, 2.05) is 0 Å². The number of hydrogen-bond donors (Lipinski definition) is 2. The molecule has 1 aromatic rings. The second-order valence-corrected chi connectivity index (χ2v) is 5.68. The fourth-order valence-corrected chi connectivity index (χ4v) is 2.08. The molecule has 0 aromatic heterocycles. The largest absolute Gasteiger partial charge is 0.389 e. The Morgan fingerprint density at radius 1 is 1.42 bits per heavy atom. The Kier molecular flexibility index (Phi) is 5.37. The molecule has 0 amide bonds. The van der Waals surface area contributed by atoms with Gasteiger partial charge in [0.2, 0.25) is 0 Å². The van der Waals surface area contributed by atoms with E-state index in [0.717, 1.165) is 12.5 Å². The summed E-state index contributed by atoms with van der Waals surface area (Å²) >= 11 is 0. The van der Waals surface area contributed by atoms with Crippen LogP contribution in [0.3, 0.4) is 0 Å². The van der Waals surface area contributed by atoms with E-state index in [-0.39, 0.29) is 6.04 Å². The number of hydrogen-bond acceptors (Lipinski definition) is 3. The van der Waals surface area contributed by atoms with Crippen molar-refractivity contribution in [1.82, 2.24) is 5.32 Å². The van der Waals surface area contributed by atoms with Crippen LogP contribution in [0.4, 0.5) is 0 Å². The number of aliphatic hydroxyl groups excluding tert-OH is 1. The summed E-state index contributed by atoms with van der Waals surface area (Å²) in [5.74, 6) is 0.756. The van der Waals surface area contributed by atoms with Crippen LogP contribution in [-0.4, -0.2) is 31.0 Å². The van der Waals surface area contributed by atoms with Crippen molar-refractivity contribution in [2.45, 2.75) is 38.8 Å². The van der Waals surface area contributed by atoms with E-state index in [1.54, 1.807) is 0 Å². The van der Waals surface area contributed by atoms with Gasteiger partial charge in [-0.3, -0.25) is 0 Å². The van der Waals surface area contributed by atoms with Gasteiger partial charge >= 0.3 is 0 Å². The fourth-order valence-electron chi connectivity index (χ4n) is 2.08. The number of ether oxygens (including phenoxy) is 1. The molecule has 0 saturated heterocycles. The van der Waals surface area contributed by atoms with Gasteiger partial charge in [0.25, 0.3) is 0 Å². The lowest BCUT2D eigenvalue weighted by Crippen LogP contribution is -2.32. The smallest absolute Gasteiger partial charge is 0.0897 e. The Morgan fingerprint density at radius 3 is 2.89 bits per heavy atom. The number of aliphatic hydroxyl groups is 1. The summed E-state index contributed by atoms with van der Waals surface area (Å²) in [6.07, 6.45) is 2.16. The quantitative estimate of drug-likeness (QED) is 0.757. The highest BCUT2D eigenvalue weighted by molar-refractivity contribution is 5.24.